The Kier molecular flexibility index (Phi) is 9.75. The highest BCUT2D eigenvalue weighted by atomic mass is 15.3. The largest absolute Gasteiger partial charge is 0.370 e. The van der Waals surface area contributed by atoms with E-state index in [1.54, 1.807) is 0 Å². The van der Waals surface area contributed by atoms with E-state index in [4.69, 9.17) is 5.73 Å². The van der Waals surface area contributed by atoms with Gasteiger partial charge in [0.25, 0.3) is 0 Å². The number of nitrogens with zero attached hydrogens (tertiary/aromatic N) is 5. The Balaban J connectivity index is 1.46. The molecule has 7 heteroatoms. The quantitative estimate of drug-likeness (QED) is 0.456. The molecule has 0 unspecified atom stereocenters. The Labute approximate surface area is 213 Å². The number of nitrogen functional groups attached to an aromatic ring is 1. The van der Waals surface area contributed by atoms with Gasteiger partial charge in [-0.3, -0.25) is 9.80 Å². The summed E-state index contributed by atoms with van der Waals surface area (Å²) in [6.07, 6.45) is 4.37. The van der Waals surface area contributed by atoms with Crippen molar-refractivity contribution in [2.75, 3.05) is 62.3 Å². The van der Waals surface area contributed by atoms with E-state index in [1.807, 2.05) is 6.92 Å². The van der Waals surface area contributed by atoms with Crippen molar-refractivity contribution in [1.82, 2.24) is 19.8 Å². The first-order valence-corrected chi connectivity index (χ1v) is 13.3. The highest BCUT2D eigenvalue weighted by molar-refractivity contribution is 5.50. The van der Waals surface area contributed by atoms with Gasteiger partial charge in [0.05, 0.1) is 0 Å². The van der Waals surface area contributed by atoms with Gasteiger partial charge in [0.15, 0.2) is 0 Å². The third-order valence-electron chi connectivity index (χ3n) is 7.19. The zero-order valence-corrected chi connectivity index (χ0v) is 22.9. The molecule has 1 saturated heterocycles. The van der Waals surface area contributed by atoms with Gasteiger partial charge >= 0.3 is 0 Å². The average molecular weight is 482 g/mol. The number of nitrogens with one attached hydrogen (secondary N) is 1. The van der Waals surface area contributed by atoms with Crippen LogP contribution in [0.1, 0.15) is 63.8 Å². The van der Waals surface area contributed by atoms with E-state index >= 15 is 0 Å². The van der Waals surface area contributed by atoms with E-state index in [-0.39, 0.29) is 5.54 Å². The van der Waals surface area contributed by atoms with Crippen molar-refractivity contribution >= 4 is 17.5 Å². The predicted octanol–water partition coefficient (Wildman–Crippen LogP) is 4.56. The van der Waals surface area contributed by atoms with Gasteiger partial charge in [0.2, 0.25) is 5.95 Å². The number of anilines is 3. The molecule has 0 amide bonds. The third kappa shape index (κ3) is 8.07. The molecule has 7 nitrogen and oxygen atoms in total. The van der Waals surface area contributed by atoms with E-state index in [0.29, 0.717) is 5.95 Å². The van der Waals surface area contributed by atoms with Crippen LogP contribution in [0.5, 0.6) is 0 Å². The van der Waals surface area contributed by atoms with Gasteiger partial charge in [0.1, 0.15) is 5.82 Å². The SMILES string of the molecule is CCCCNc1nc(N)nc(C)c1CCCN1CCN(c2ccc(CN(C)C(C)(C)C)cc2)CC1. The fraction of sp³-hybridized carbons (Fsp3) is 0.643. The molecule has 0 bridgehead atoms. The zero-order valence-electron chi connectivity index (χ0n) is 22.9. The Morgan fingerprint density at radius 1 is 1.03 bits per heavy atom. The topological polar surface area (TPSA) is 73.5 Å². The van der Waals surface area contributed by atoms with Crippen LogP contribution in [0.3, 0.4) is 0 Å². The minimum absolute atomic E-state index is 0.182. The lowest BCUT2D eigenvalue weighted by Crippen LogP contribution is -2.46. The lowest BCUT2D eigenvalue weighted by atomic mass is 10.1. The molecule has 1 aliphatic heterocycles. The number of rotatable bonds is 11. The Morgan fingerprint density at radius 2 is 1.71 bits per heavy atom. The second-order valence-corrected chi connectivity index (χ2v) is 10.9. The molecule has 0 saturated carbocycles. The Morgan fingerprint density at radius 3 is 2.34 bits per heavy atom. The first-order chi connectivity index (χ1) is 16.7. The molecule has 0 atom stereocenters. The third-order valence-corrected chi connectivity index (χ3v) is 7.19. The van der Waals surface area contributed by atoms with E-state index in [2.05, 4.69) is 89.0 Å². The van der Waals surface area contributed by atoms with Gasteiger partial charge in [-0.15, -0.1) is 0 Å². The van der Waals surface area contributed by atoms with E-state index in [9.17, 15) is 0 Å². The van der Waals surface area contributed by atoms with Crippen molar-refractivity contribution in [3.8, 4) is 0 Å². The van der Waals surface area contributed by atoms with Gasteiger partial charge in [-0.25, -0.2) is 4.98 Å². The van der Waals surface area contributed by atoms with Gasteiger partial charge in [-0.1, -0.05) is 25.5 Å². The number of benzene rings is 1. The lowest BCUT2D eigenvalue weighted by Gasteiger charge is -2.36. The number of aromatic nitrogens is 2. The minimum Gasteiger partial charge on any atom is -0.370 e. The van der Waals surface area contributed by atoms with Crippen LogP contribution in [0.2, 0.25) is 0 Å². The maximum Gasteiger partial charge on any atom is 0.222 e. The summed E-state index contributed by atoms with van der Waals surface area (Å²) in [5.41, 5.74) is 11.0. The molecule has 0 spiro atoms. The highest BCUT2D eigenvalue weighted by Crippen LogP contribution is 2.22. The van der Waals surface area contributed by atoms with Gasteiger partial charge in [0, 0.05) is 61.8 Å². The molecule has 1 aromatic heterocycles. The normalized spacial score (nSPS) is 15.1. The number of unbranched alkanes of at least 4 members (excludes halogenated alkanes) is 1. The van der Waals surface area contributed by atoms with Crippen LogP contribution in [0.15, 0.2) is 24.3 Å². The smallest absolute Gasteiger partial charge is 0.222 e. The standard InChI is InChI=1S/C28H47N7/c1-7-8-15-30-26-25(22(2)31-27(29)32-26)10-9-16-34-17-19-35(20-18-34)24-13-11-23(12-14-24)21-33(6)28(3,4)5/h11-14H,7-10,15-21H2,1-6H3,(H3,29,30,31,32). The van der Waals surface area contributed by atoms with Crippen LogP contribution >= 0.6 is 0 Å². The number of nitrogens with two attached hydrogens (primary N) is 1. The molecule has 0 aliphatic carbocycles. The van der Waals surface area contributed by atoms with Crippen molar-refractivity contribution in [2.24, 2.45) is 0 Å². The van der Waals surface area contributed by atoms with Crippen LogP contribution in [-0.4, -0.2) is 71.6 Å². The second kappa shape index (κ2) is 12.5. The monoisotopic (exact) mass is 481 g/mol. The molecule has 194 valence electrons. The van der Waals surface area contributed by atoms with Crippen LogP contribution in [0, 0.1) is 6.92 Å². The summed E-state index contributed by atoms with van der Waals surface area (Å²) >= 11 is 0. The van der Waals surface area contributed by atoms with Crippen LogP contribution < -0.4 is 16.0 Å². The summed E-state index contributed by atoms with van der Waals surface area (Å²) in [6, 6.07) is 9.15. The maximum absolute atomic E-state index is 5.91. The summed E-state index contributed by atoms with van der Waals surface area (Å²) in [6.45, 7) is 18.4. The Hall–Kier alpha value is -2.38. The molecule has 2 aromatic rings. The van der Waals surface area contributed by atoms with Crippen molar-refractivity contribution in [1.29, 1.82) is 0 Å². The summed E-state index contributed by atoms with van der Waals surface area (Å²) in [4.78, 5) is 16.4. The molecule has 1 fully saturated rings. The molecule has 3 rings (SSSR count). The molecule has 2 heterocycles. The number of hydrogen-bond acceptors (Lipinski definition) is 7. The number of hydrogen-bond donors (Lipinski definition) is 2. The van der Waals surface area contributed by atoms with Crippen molar-refractivity contribution in [2.45, 2.75) is 72.4 Å². The number of aryl methyl sites for hydroxylation is 1. The summed E-state index contributed by atoms with van der Waals surface area (Å²) in [5.74, 6) is 1.28. The first-order valence-electron chi connectivity index (χ1n) is 13.3. The van der Waals surface area contributed by atoms with E-state index in [0.717, 1.165) is 83.0 Å². The summed E-state index contributed by atoms with van der Waals surface area (Å²) < 4.78 is 0. The predicted molar refractivity (Wildman–Crippen MR) is 149 cm³/mol. The van der Waals surface area contributed by atoms with Crippen molar-refractivity contribution in [3.63, 3.8) is 0 Å². The molecule has 0 radical (unpaired) electrons. The van der Waals surface area contributed by atoms with Crippen LogP contribution in [0.25, 0.3) is 0 Å². The van der Waals surface area contributed by atoms with Gasteiger partial charge in [-0.05, 0) is 78.2 Å². The van der Waals surface area contributed by atoms with Crippen molar-refractivity contribution < 1.29 is 0 Å². The molecule has 35 heavy (non-hydrogen) atoms. The zero-order chi connectivity index (χ0) is 25.4. The lowest BCUT2D eigenvalue weighted by molar-refractivity contribution is 0.167. The fourth-order valence-corrected chi connectivity index (χ4v) is 4.48. The minimum atomic E-state index is 0.182. The summed E-state index contributed by atoms with van der Waals surface area (Å²) in [7, 11) is 2.19. The first kappa shape index (κ1) is 27.2. The fourth-order valence-electron chi connectivity index (χ4n) is 4.48. The molecule has 1 aromatic carbocycles. The molecule has 1 aliphatic rings. The van der Waals surface area contributed by atoms with E-state index < -0.39 is 0 Å². The van der Waals surface area contributed by atoms with Crippen LogP contribution in [0.4, 0.5) is 17.5 Å². The highest BCUT2D eigenvalue weighted by Gasteiger charge is 2.19. The number of piperazine rings is 1. The molecular formula is C28H47N7. The Bertz CT molecular complexity index is 912. The van der Waals surface area contributed by atoms with E-state index in [1.165, 1.54) is 16.8 Å². The second-order valence-electron chi connectivity index (χ2n) is 10.9. The maximum atomic E-state index is 5.91. The summed E-state index contributed by atoms with van der Waals surface area (Å²) in [5, 5.41) is 3.48. The van der Waals surface area contributed by atoms with Crippen molar-refractivity contribution in [3.05, 3.63) is 41.1 Å². The average Bonchev–Trinajstić information content (AvgIpc) is 2.81. The van der Waals surface area contributed by atoms with Gasteiger partial charge in [-0.2, -0.15) is 4.98 Å². The molecular weight excluding hydrogens is 434 g/mol. The van der Waals surface area contributed by atoms with Gasteiger partial charge < -0.3 is 16.0 Å². The van der Waals surface area contributed by atoms with Crippen LogP contribution in [-0.2, 0) is 13.0 Å². The molecule has 3 N–H and O–H groups in total.